The first-order valence-corrected chi connectivity index (χ1v) is 20.2. The summed E-state index contributed by atoms with van der Waals surface area (Å²) in [6.07, 6.45) is 13.2. The molecule has 0 heterocycles. The Kier molecular flexibility index (Phi) is 10.4. The molecular formula is C29H49NSi2. The van der Waals surface area contributed by atoms with E-state index in [2.05, 4.69) is 83.5 Å². The van der Waals surface area contributed by atoms with Gasteiger partial charge in [0.25, 0.3) is 0 Å². The second-order valence-electron chi connectivity index (χ2n) is 11.6. The van der Waals surface area contributed by atoms with Crippen molar-refractivity contribution in [1.29, 1.82) is 0 Å². The van der Waals surface area contributed by atoms with Crippen LogP contribution in [0.25, 0.3) is 0 Å². The minimum atomic E-state index is -1.56. The highest BCUT2D eigenvalue weighted by Crippen LogP contribution is 2.44. The van der Waals surface area contributed by atoms with E-state index in [0.29, 0.717) is 0 Å². The summed E-state index contributed by atoms with van der Waals surface area (Å²) in [6, 6.07) is 10.7. The van der Waals surface area contributed by atoms with E-state index in [1.807, 2.05) is 0 Å². The topological polar surface area (TPSA) is 12.4 Å². The van der Waals surface area contributed by atoms with Crippen molar-refractivity contribution in [2.45, 2.75) is 117 Å². The molecule has 1 aromatic rings. The van der Waals surface area contributed by atoms with E-state index in [-0.39, 0.29) is 0 Å². The molecule has 0 saturated carbocycles. The second-order valence-corrected chi connectivity index (χ2v) is 21.6. The van der Waals surface area contributed by atoms with Crippen LogP contribution in [-0.4, -0.2) is 21.9 Å². The number of hydrogen-bond donors (Lipinski definition) is 0. The Bertz CT molecular complexity index is 769. The van der Waals surface area contributed by atoms with Crippen LogP contribution in [0, 0.1) is 0 Å². The van der Waals surface area contributed by atoms with Crippen LogP contribution in [0.5, 0.6) is 0 Å². The zero-order chi connectivity index (χ0) is 23.8. The van der Waals surface area contributed by atoms with Gasteiger partial charge in [-0.3, -0.25) is 0 Å². The molecule has 0 unspecified atom stereocenters. The molecule has 0 fully saturated rings. The number of allylic oxidation sites excluding steroid dienone is 4. The van der Waals surface area contributed by atoms with Gasteiger partial charge in [0, 0.05) is 0 Å². The first-order chi connectivity index (χ1) is 15.1. The van der Waals surface area contributed by atoms with E-state index in [1.54, 1.807) is 21.5 Å². The number of benzene rings is 1. The predicted octanol–water partition coefficient (Wildman–Crippen LogP) is 10.1. The van der Waals surface area contributed by atoms with Gasteiger partial charge in [-0.25, -0.2) is 4.99 Å². The molecule has 1 aliphatic carbocycles. The summed E-state index contributed by atoms with van der Waals surface area (Å²) in [7, 11) is -3.12. The summed E-state index contributed by atoms with van der Waals surface area (Å²) in [4.78, 5) is 5.41. The van der Waals surface area contributed by atoms with Crippen molar-refractivity contribution in [2.24, 2.45) is 4.99 Å². The molecule has 0 saturated heterocycles. The summed E-state index contributed by atoms with van der Waals surface area (Å²) < 4.78 is 0. The number of unbranched alkanes of at least 4 members (excludes halogenated alkanes) is 6. The summed E-state index contributed by atoms with van der Waals surface area (Å²) in [5.41, 5.74) is 5.96. The number of rotatable bonds is 13. The fourth-order valence-corrected chi connectivity index (χ4v) is 9.35. The van der Waals surface area contributed by atoms with Crippen molar-refractivity contribution < 1.29 is 0 Å². The number of nitrogens with zero attached hydrogens (tertiary/aromatic N) is 1. The van der Waals surface area contributed by atoms with Crippen LogP contribution in [0.2, 0.25) is 39.3 Å². The van der Waals surface area contributed by atoms with Gasteiger partial charge in [-0.1, -0.05) is 110 Å². The Balaban J connectivity index is 2.65. The third-order valence-corrected chi connectivity index (χ3v) is 10.6. The minimum absolute atomic E-state index is 1.12. The van der Waals surface area contributed by atoms with Crippen molar-refractivity contribution in [3.8, 4) is 0 Å². The third kappa shape index (κ3) is 7.41. The van der Waals surface area contributed by atoms with Crippen molar-refractivity contribution in [1.82, 2.24) is 0 Å². The lowest BCUT2D eigenvalue weighted by Crippen LogP contribution is -2.35. The van der Waals surface area contributed by atoms with Gasteiger partial charge in [-0.15, -0.1) is 0 Å². The van der Waals surface area contributed by atoms with Crippen molar-refractivity contribution in [2.75, 3.05) is 0 Å². The maximum Gasteiger partial charge on any atom is 0.0807 e. The van der Waals surface area contributed by atoms with Crippen LogP contribution < -0.4 is 0 Å². The molecule has 178 valence electrons. The normalized spacial score (nSPS) is 15.2. The molecule has 32 heavy (non-hydrogen) atoms. The van der Waals surface area contributed by atoms with Gasteiger partial charge in [0.15, 0.2) is 0 Å². The standard InChI is InChI=1S/C29H49NSi2/c1-9-11-13-18-22-25-26(23-19-14-12-10-2)29(32(6,7)8)27(28(25)31(3,4)5)30-24-20-16-15-17-21-24/h15-17,20-21H,9-14,18-19,22-23H2,1-8H3. The Hall–Kier alpha value is -1.20. The molecule has 0 atom stereocenters. The van der Waals surface area contributed by atoms with Crippen LogP contribution in [0.3, 0.4) is 0 Å². The molecule has 1 nitrogen and oxygen atoms in total. The molecule has 0 aromatic heterocycles. The van der Waals surface area contributed by atoms with Crippen LogP contribution in [0.1, 0.15) is 78.1 Å². The average Bonchev–Trinajstić information content (AvgIpc) is 3.03. The first-order valence-electron chi connectivity index (χ1n) is 13.2. The lowest BCUT2D eigenvalue weighted by Gasteiger charge is -2.26. The van der Waals surface area contributed by atoms with Crippen molar-refractivity contribution in [3.63, 3.8) is 0 Å². The third-order valence-electron chi connectivity index (χ3n) is 6.50. The maximum absolute atomic E-state index is 5.41. The molecule has 0 bridgehead atoms. The summed E-state index contributed by atoms with van der Waals surface area (Å²) >= 11 is 0. The lowest BCUT2D eigenvalue weighted by molar-refractivity contribution is 0.648. The van der Waals surface area contributed by atoms with E-state index in [9.17, 15) is 0 Å². The number of aliphatic imine (C=N–C) groups is 1. The van der Waals surface area contributed by atoms with Crippen molar-refractivity contribution >= 4 is 27.5 Å². The molecule has 0 spiro atoms. The molecular weight excluding hydrogens is 418 g/mol. The van der Waals surface area contributed by atoms with Gasteiger partial charge in [-0.05, 0) is 59.4 Å². The Morgan fingerprint density at radius 2 is 1.03 bits per heavy atom. The van der Waals surface area contributed by atoms with Crippen LogP contribution in [0.15, 0.2) is 56.9 Å². The zero-order valence-corrected chi connectivity index (χ0v) is 24.4. The molecule has 1 aromatic carbocycles. The van der Waals surface area contributed by atoms with E-state index in [1.165, 1.54) is 69.9 Å². The van der Waals surface area contributed by atoms with Crippen LogP contribution in [0.4, 0.5) is 5.69 Å². The van der Waals surface area contributed by atoms with Gasteiger partial charge >= 0.3 is 0 Å². The molecule has 0 amide bonds. The fourth-order valence-electron chi connectivity index (χ4n) is 5.08. The largest absolute Gasteiger partial charge is 0.249 e. The lowest BCUT2D eigenvalue weighted by atomic mass is 9.97. The molecule has 2 rings (SSSR count). The van der Waals surface area contributed by atoms with Gasteiger partial charge in [0.2, 0.25) is 0 Å². The van der Waals surface area contributed by atoms with Crippen LogP contribution >= 0.6 is 0 Å². The van der Waals surface area contributed by atoms with Gasteiger partial charge < -0.3 is 0 Å². The van der Waals surface area contributed by atoms with E-state index in [0.717, 1.165) is 5.69 Å². The molecule has 3 heteroatoms. The molecule has 0 aliphatic heterocycles. The average molecular weight is 468 g/mol. The zero-order valence-electron chi connectivity index (χ0n) is 22.4. The van der Waals surface area contributed by atoms with Crippen LogP contribution in [-0.2, 0) is 0 Å². The molecule has 1 aliphatic rings. The van der Waals surface area contributed by atoms with E-state index < -0.39 is 16.1 Å². The van der Waals surface area contributed by atoms with Crippen molar-refractivity contribution in [3.05, 3.63) is 51.9 Å². The second kappa shape index (κ2) is 12.3. The first kappa shape index (κ1) is 27.1. The monoisotopic (exact) mass is 467 g/mol. The smallest absolute Gasteiger partial charge is 0.0807 e. The van der Waals surface area contributed by atoms with Gasteiger partial charge in [0.05, 0.1) is 27.5 Å². The number of hydrogen-bond acceptors (Lipinski definition) is 1. The summed E-state index contributed by atoms with van der Waals surface area (Å²) in [6.45, 7) is 19.9. The Labute approximate surface area is 201 Å². The minimum Gasteiger partial charge on any atom is -0.249 e. The summed E-state index contributed by atoms with van der Waals surface area (Å²) in [5, 5.41) is 3.36. The molecule has 0 N–H and O–H groups in total. The van der Waals surface area contributed by atoms with E-state index in [4.69, 9.17) is 4.99 Å². The maximum atomic E-state index is 5.41. The highest BCUT2D eigenvalue weighted by molar-refractivity contribution is 6.95. The predicted molar refractivity (Wildman–Crippen MR) is 152 cm³/mol. The highest BCUT2D eigenvalue weighted by atomic mass is 28.3. The summed E-state index contributed by atoms with van der Waals surface area (Å²) in [5.74, 6) is 0. The number of para-hydroxylation sites is 1. The quantitative estimate of drug-likeness (QED) is 0.202. The van der Waals surface area contributed by atoms with Gasteiger partial charge in [-0.2, -0.15) is 0 Å². The fraction of sp³-hybridized carbons (Fsp3) is 0.621. The SMILES string of the molecule is CCCCCCC1=C([Si](C)(C)C)C(=Nc2ccccc2)C([Si](C)(C)C)=C1CCCCCC. The Morgan fingerprint density at radius 3 is 1.41 bits per heavy atom. The van der Waals surface area contributed by atoms with E-state index >= 15 is 0 Å². The molecule has 0 radical (unpaired) electrons. The highest BCUT2D eigenvalue weighted by Gasteiger charge is 2.41. The Morgan fingerprint density at radius 1 is 0.594 bits per heavy atom. The van der Waals surface area contributed by atoms with Gasteiger partial charge in [0.1, 0.15) is 0 Å².